The number of rotatable bonds is 5. The minimum absolute atomic E-state index is 0.116. The van der Waals surface area contributed by atoms with Crippen molar-refractivity contribution < 1.29 is 9.53 Å². The van der Waals surface area contributed by atoms with Crippen molar-refractivity contribution in [1.29, 1.82) is 0 Å². The number of carbonyl (C=O) groups excluding carboxylic acids is 1. The zero-order valence-corrected chi connectivity index (χ0v) is 13.1. The van der Waals surface area contributed by atoms with Crippen LogP contribution in [-0.4, -0.2) is 43.1 Å². The van der Waals surface area contributed by atoms with Gasteiger partial charge in [0.2, 0.25) is 5.91 Å². The fraction of sp³-hybridized carbons (Fsp3) is 0.562. The Morgan fingerprint density at radius 1 is 1.38 bits per heavy atom. The molecule has 1 unspecified atom stereocenters. The van der Waals surface area contributed by atoms with Crippen molar-refractivity contribution in [2.45, 2.75) is 33.3 Å². The predicted molar refractivity (Wildman–Crippen MR) is 85.7 cm³/mol. The topological polar surface area (TPSA) is 58.8 Å². The minimum atomic E-state index is 0.116. The quantitative estimate of drug-likeness (QED) is 0.844. The van der Waals surface area contributed by atoms with Crippen LogP contribution in [0.5, 0.6) is 5.75 Å². The standard InChI is InChI=1S/C16H25N3O2/c1-4-13-10-19(11-16(20)18(5-2)6-3)14-9-12(17)7-8-15(14)21-13/h7-9,13H,4-6,10-11,17H2,1-3H3. The second-order valence-corrected chi connectivity index (χ2v) is 5.32. The van der Waals surface area contributed by atoms with Crippen molar-refractivity contribution in [3.8, 4) is 5.75 Å². The van der Waals surface area contributed by atoms with Crippen molar-refractivity contribution in [3.05, 3.63) is 18.2 Å². The largest absolute Gasteiger partial charge is 0.486 e. The van der Waals surface area contributed by atoms with E-state index in [2.05, 4.69) is 11.8 Å². The average molecular weight is 291 g/mol. The number of nitrogen functional groups attached to an aromatic ring is 1. The summed E-state index contributed by atoms with van der Waals surface area (Å²) in [6.07, 6.45) is 1.03. The molecule has 1 aliphatic heterocycles. The van der Waals surface area contributed by atoms with Gasteiger partial charge in [0.15, 0.2) is 0 Å². The third-order valence-electron chi connectivity index (χ3n) is 3.94. The first-order valence-electron chi connectivity index (χ1n) is 7.67. The minimum Gasteiger partial charge on any atom is -0.486 e. The smallest absolute Gasteiger partial charge is 0.242 e. The van der Waals surface area contributed by atoms with E-state index >= 15 is 0 Å². The number of carbonyl (C=O) groups is 1. The van der Waals surface area contributed by atoms with Crippen LogP contribution in [0.2, 0.25) is 0 Å². The molecule has 5 heteroatoms. The van der Waals surface area contributed by atoms with Crippen LogP contribution in [0.25, 0.3) is 0 Å². The molecule has 1 aromatic carbocycles. The Hall–Kier alpha value is -1.91. The first-order valence-corrected chi connectivity index (χ1v) is 7.67. The number of ether oxygens (including phenoxy) is 1. The van der Waals surface area contributed by atoms with Crippen molar-refractivity contribution in [2.24, 2.45) is 0 Å². The Kier molecular flexibility index (Phi) is 4.94. The fourth-order valence-corrected chi connectivity index (χ4v) is 2.64. The fourth-order valence-electron chi connectivity index (χ4n) is 2.64. The Morgan fingerprint density at radius 2 is 2.10 bits per heavy atom. The van der Waals surface area contributed by atoms with Crippen LogP contribution in [0.4, 0.5) is 11.4 Å². The molecule has 0 bridgehead atoms. The number of nitrogens with zero attached hydrogens (tertiary/aromatic N) is 2. The number of likely N-dealkylation sites (N-methyl/N-ethyl adjacent to an activating group) is 1. The molecule has 0 aromatic heterocycles. The zero-order valence-electron chi connectivity index (χ0n) is 13.1. The van der Waals surface area contributed by atoms with E-state index in [4.69, 9.17) is 10.5 Å². The van der Waals surface area contributed by atoms with Gasteiger partial charge in [0.25, 0.3) is 0 Å². The van der Waals surface area contributed by atoms with Gasteiger partial charge in [-0.3, -0.25) is 4.79 Å². The van der Waals surface area contributed by atoms with E-state index in [0.717, 1.165) is 37.5 Å². The summed E-state index contributed by atoms with van der Waals surface area (Å²) in [5.41, 5.74) is 7.48. The summed E-state index contributed by atoms with van der Waals surface area (Å²) in [6, 6.07) is 5.61. The zero-order chi connectivity index (χ0) is 15.4. The highest BCUT2D eigenvalue weighted by Crippen LogP contribution is 2.35. The maximum atomic E-state index is 12.4. The van der Waals surface area contributed by atoms with E-state index in [9.17, 15) is 4.79 Å². The van der Waals surface area contributed by atoms with Crippen LogP contribution in [-0.2, 0) is 4.79 Å². The molecule has 21 heavy (non-hydrogen) atoms. The van der Waals surface area contributed by atoms with Crippen LogP contribution in [0.1, 0.15) is 27.2 Å². The van der Waals surface area contributed by atoms with Crippen molar-refractivity contribution in [1.82, 2.24) is 4.90 Å². The lowest BCUT2D eigenvalue weighted by Gasteiger charge is -2.36. The van der Waals surface area contributed by atoms with Gasteiger partial charge in [-0.15, -0.1) is 0 Å². The molecule has 5 nitrogen and oxygen atoms in total. The molecular formula is C16H25N3O2. The summed E-state index contributed by atoms with van der Waals surface area (Å²) in [7, 11) is 0. The Bertz CT molecular complexity index is 500. The van der Waals surface area contributed by atoms with Gasteiger partial charge in [0.1, 0.15) is 11.9 Å². The highest BCUT2D eigenvalue weighted by Gasteiger charge is 2.27. The molecule has 2 rings (SSSR count). The molecule has 1 aromatic rings. The van der Waals surface area contributed by atoms with Gasteiger partial charge in [-0.1, -0.05) is 6.92 Å². The number of amides is 1. The van der Waals surface area contributed by atoms with Crippen molar-refractivity contribution in [2.75, 3.05) is 36.8 Å². The van der Waals surface area contributed by atoms with E-state index < -0.39 is 0 Å². The summed E-state index contributed by atoms with van der Waals surface area (Å²) in [6.45, 7) is 8.67. The van der Waals surface area contributed by atoms with Gasteiger partial charge in [0, 0.05) is 18.8 Å². The van der Waals surface area contributed by atoms with Gasteiger partial charge < -0.3 is 20.3 Å². The van der Waals surface area contributed by atoms with E-state index in [0.29, 0.717) is 12.2 Å². The Morgan fingerprint density at radius 3 is 2.71 bits per heavy atom. The lowest BCUT2D eigenvalue weighted by atomic mass is 10.1. The molecule has 1 aliphatic rings. The molecule has 1 heterocycles. The predicted octanol–water partition coefficient (Wildman–Crippen LogP) is 2.11. The highest BCUT2D eigenvalue weighted by molar-refractivity contribution is 5.83. The van der Waals surface area contributed by atoms with Gasteiger partial charge >= 0.3 is 0 Å². The van der Waals surface area contributed by atoms with Gasteiger partial charge in [-0.25, -0.2) is 0 Å². The van der Waals surface area contributed by atoms with E-state index in [1.54, 1.807) is 0 Å². The number of hydrogen-bond donors (Lipinski definition) is 1. The number of hydrogen-bond acceptors (Lipinski definition) is 4. The van der Waals surface area contributed by atoms with Crippen LogP contribution in [0, 0.1) is 0 Å². The summed E-state index contributed by atoms with van der Waals surface area (Å²) >= 11 is 0. The molecule has 1 atom stereocenters. The van der Waals surface area contributed by atoms with E-state index in [-0.39, 0.29) is 12.0 Å². The monoisotopic (exact) mass is 291 g/mol. The molecule has 0 aliphatic carbocycles. The first kappa shape index (κ1) is 15.5. The normalized spacial score (nSPS) is 17.1. The van der Waals surface area contributed by atoms with Gasteiger partial charge in [-0.2, -0.15) is 0 Å². The molecule has 0 spiro atoms. The van der Waals surface area contributed by atoms with E-state index in [1.165, 1.54) is 0 Å². The second-order valence-electron chi connectivity index (χ2n) is 5.32. The molecule has 0 saturated heterocycles. The molecular weight excluding hydrogens is 266 g/mol. The highest BCUT2D eigenvalue weighted by atomic mass is 16.5. The Balaban J connectivity index is 2.22. The molecule has 116 valence electrons. The number of nitrogens with two attached hydrogens (primary N) is 1. The summed E-state index contributed by atoms with van der Waals surface area (Å²) in [5.74, 6) is 0.958. The maximum Gasteiger partial charge on any atom is 0.242 e. The number of benzene rings is 1. The maximum absolute atomic E-state index is 12.4. The van der Waals surface area contributed by atoms with Crippen LogP contribution in [0.3, 0.4) is 0 Å². The van der Waals surface area contributed by atoms with Crippen LogP contribution in [0.15, 0.2) is 18.2 Å². The van der Waals surface area contributed by atoms with Crippen molar-refractivity contribution in [3.63, 3.8) is 0 Å². The number of fused-ring (bicyclic) bond motifs is 1. The third kappa shape index (κ3) is 3.40. The lowest BCUT2D eigenvalue weighted by Crippen LogP contribution is -2.46. The molecule has 0 fully saturated rings. The summed E-state index contributed by atoms with van der Waals surface area (Å²) < 4.78 is 5.94. The SMILES string of the molecule is CCC1CN(CC(=O)N(CC)CC)c2cc(N)ccc2O1. The second kappa shape index (κ2) is 6.70. The molecule has 0 radical (unpaired) electrons. The van der Waals surface area contributed by atoms with Crippen LogP contribution < -0.4 is 15.4 Å². The van der Waals surface area contributed by atoms with Crippen molar-refractivity contribution >= 4 is 17.3 Å². The molecule has 1 amide bonds. The lowest BCUT2D eigenvalue weighted by molar-refractivity contribution is -0.129. The first-order chi connectivity index (χ1) is 10.1. The molecule has 2 N–H and O–H groups in total. The van der Waals surface area contributed by atoms with Gasteiger partial charge in [-0.05, 0) is 38.5 Å². The number of anilines is 2. The van der Waals surface area contributed by atoms with E-state index in [1.807, 2.05) is 36.9 Å². The third-order valence-corrected chi connectivity index (χ3v) is 3.94. The van der Waals surface area contributed by atoms with Crippen LogP contribution >= 0.6 is 0 Å². The molecule has 0 saturated carbocycles. The Labute approximate surface area is 126 Å². The van der Waals surface area contributed by atoms with Gasteiger partial charge in [0.05, 0.1) is 18.8 Å². The summed E-state index contributed by atoms with van der Waals surface area (Å²) in [5, 5.41) is 0. The summed E-state index contributed by atoms with van der Waals surface area (Å²) in [4.78, 5) is 16.3. The average Bonchev–Trinajstić information content (AvgIpc) is 2.48.